The van der Waals surface area contributed by atoms with Gasteiger partial charge in [0.15, 0.2) is 5.01 Å². The maximum absolute atomic E-state index is 6.24. The molecule has 0 aliphatic carbocycles. The van der Waals surface area contributed by atoms with Crippen molar-refractivity contribution in [1.82, 2.24) is 10.2 Å². The molecule has 5 heteroatoms. The van der Waals surface area contributed by atoms with Crippen LogP contribution in [-0.4, -0.2) is 47.0 Å². The zero-order chi connectivity index (χ0) is 14.6. The van der Waals surface area contributed by atoms with Gasteiger partial charge in [-0.05, 0) is 6.42 Å². The minimum atomic E-state index is 0.353. The van der Waals surface area contributed by atoms with Crippen molar-refractivity contribution in [2.75, 3.05) is 26.2 Å². The van der Waals surface area contributed by atoms with Crippen LogP contribution in [0.15, 0.2) is 30.3 Å². The third-order valence-corrected chi connectivity index (χ3v) is 6.51. The summed E-state index contributed by atoms with van der Waals surface area (Å²) in [4.78, 5) is 0. The van der Waals surface area contributed by atoms with Crippen molar-refractivity contribution >= 4 is 11.3 Å². The molecule has 4 aliphatic rings. The monoisotopic (exact) mass is 314 g/mol. The van der Waals surface area contributed by atoms with E-state index in [-0.39, 0.29) is 0 Å². The van der Waals surface area contributed by atoms with Crippen LogP contribution in [0.4, 0.5) is 0 Å². The minimum Gasteiger partial charge on any atom is -0.465 e. The van der Waals surface area contributed by atoms with Crippen LogP contribution in [0.25, 0.3) is 10.6 Å². The Bertz CT molecular complexity index is 680. The molecule has 6 rings (SSSR count). The van der Waals surface area contributed by atoms with E-state index in [1.807, 2.05) is 18.2 Å². The van der Waals surface area contributed by atoms with E-state index in [1.165, 1.54) is 43.5 Å². The van der Waals surface area contributed by atoms with E-state index < -0.39 is 0 Å². The second-order valence-electron chi connectivity index (χ2n) is 7.16. The molecule has 0 amide bonds. The quantitative estimate of drug-likeness (QED) is 0.817. The number of hydrogen-bond donors (Lipinski definition) is 0. The Morgan fingerprint density at radius 2 is 1.95 bits per heavy atom. The summed E-state index contributed by atoms with van der Waals surface area (Å²) in [6, 6.07) is 10.2. The molecular weight excluding hydrogens is 294 g/mol. The van der Waals surface area contributed by atoms with Crippen LogP contribution in [-0.2, 0) is 0 Å². The zero-order valence-electron chi connectivity index (χ0n) is 12.5. The molecule has 2 atom stereocenters. The smallest absolute Gasteiger partial charge is 0.294 e. The summed E-state index contributed by atoms with van der Waals surface area (Å²) in [5.41, 5.74) is 1.12. The number of nitrogens with zero attached hydrogens (tertiary/aromatic N) is 3. The maximum Gasteiger partial charge on any atom is 0.294 e. The van der Waals surface area contributed by atoms with Gasteiger partial charge in [-0.25, -0.2) is 0 Å². The predicted molar refractivity (Wildman–Crippen MR) is 85.7 cm³/mol. The molecule has 1 aromatic heterocycles. The molecule has 0 N–H and O–H groups in total. The standard InChI is InChI=1S/C17H20N3OS/c1-2-4-13(5-3-1)16-18-19-17(22-16)21-15-6-7-20-9-12(10-20)8-14(15)11-20/h1-5,12,14-15H,6-11H2/q+1/t12?,14?,15-,20?/m0/s1. The Kier molecular flexibility index (Phi) is 2.82. The van der Waals surface area contributed by atoms with Gasteiger partial charge in [0.2, 0.25) is 0 Å². The van der Waals surface area contributed by atoms with Crippen molar-refractivity contribution in [2.45, 2.75) is 18.9 Å². The van der Waals surface area contributed by atoms with E-state index in [4.69, 9.17) is 4.74 Å². The molecule has 3 bridgehead atoms. The Labute approximate surface area is 134 Å². The molecule has 4 saturated heterocycles. The lowest BCUT2D eigenvalue weighted by Crippen LogP contribution is -2.73. The molecule has 1 aromatic carbocycles. The van der Waals surface area contributed by atoms with Crippen LogP contribution < -0.4 is 4.74 Å². The average molecular weight is 314 g/mol. The first-order valence-electron chi connectivity index (χ1n) is 8.20. The van der Waals surface area contributed by atoms with Crippen molar-refractivity contribution < 1.29 is 9.22 Å². The largest absolute Gasteiger partial charge is 0.465 e. The number of quaternary nitrogens is 1. The van der Waals surface area contributed by atoms with E-state index in [0.717, 1.165) is 27.6 Å². The Morgan fingerprint density at radius 1 is 1.09 bits per heavy atom. The van der Waals surface area contributed by atoms with Gasteiger partial charge in [-0.1, -0.05) is 46.8 Å². The first-order chi connectivity index (χ1) is 10.8. The van der Waals surface area contributed by atoms with Gasteiger partial charge >= 0.3 is 0 Å². The molecule has 1 spiro atoms. The van der Waals surface area contributed by atoms with Crippen LogP contribution in [0.5, 0.6) is 5.19 Å². The fourth-order valence-corrected chi connectivity index (χ4v) is 5.51. The summed E-state index contributed by atoms with van der Waals surface area (Å²) in [6.07, 6.45) is 2.89. The summed E-state index contributed by atoms with van der Waals surface area (Å²) in [5.74, 6) is 1.68. The highest BCUT2D eigenvalue weighted by molar-refractivity contribution is 7.16. The molecule has 114 valence electrons. The van der Waals surface area contributed by atoms with Gasteiger partial charge in [-0.2, -0.15) is 0 Å². The van der Waals surface area contributed by atoms with Gasteiger partial charge in [0.25, 0.3) is 5.19 Å². The van der Waals surface area contributed by atoms with E-state index in [2.05, 4.69) is 22.3 Å². The second-order valence-corrected chi connectivity index (χ2v) is 8.10. The first kappa shape index (κ1) is 13.0. The third-order valence-electron chi connectivity index (χ3n) is 5.64. The van der Waals surface area contributed by atoms with Crippen molar-refractivity contribution in [3.05, 3.63) is 30.3 Å². The van der Waals surface area contributed by atoms with Crippen molar-refractivity contribution in [3.8, 4) is 15.8 Å². The molecule has 5 heterocycles. The van der Waals surface area contributed by atoms with E-state index in [9.17, 15) is 0 Å². The highest BCUT2D eigenvalue weighted by Crippen LogP contribution is 2.45. The molecule has 4 aliphatic heterocycles. The second kappa shape index (κ2) is 4.77. The van der Waals surface area contributed by atoms with Gasteiger partial charge in [0.1, 0.15) is 6.10 Å². The fraction of sp³-hybridized carbons (Fsp3) is 0.529. The van der Waals surface area contributed by atoms with Crippen LogP contribution in [0.1, 0.15) is 12.8 Å². The highest BCUT2D eigenvalue weighted by Gasteiger charge is 2.56. The Morgan fingerprint density at radius 3 is 2.82 bits per heavy atom. The van der Waals surface area contributed by atoms with Gasteiger partial charge < -0.3 is 9.22 Å². The average Bonchev–Trinajstić information content (AvgIpc) is 2.99. The molecule has 4 nitrogen and oxygen atoms in total. The van der Waals surface area contributed by atoms with Gasteiger partial charge in [0, 0.05) is 17.9 Å². The number of ether oxygens (including phenoxy) is 1. The number of piperidine rings is 3. The number of benzene rings is 1. The summed E-state index contributed by atoms with van der Waals surface area (Å²) >= 11 is 1.57. The lowest BCUT2D eigenvalue weighted by atomic mass is 9.72. The topological polar surface area (TPSA) is 35.0 Å². The van der Waals surface area contributed by atoms with Crippen molar-refractivity contribution in [3.63, 3.8) is 0 Å². The molecule has 4 fully saturated rings. The van der Waals surface area contributed by atoms with E-state index in [0.29, 0.717) is 6.10 Å². The van der Waals surface area contributed by atoms with Crippen LogP contribution >= 0.6 is 11.3 Å². The predicted octanol–water partition coefficient (Wildman–Crippen LogP) is 2.82. The molecular formula is C17H20N3OS+. The van der Waals surface area contributed by atoms with E-state index in [1.54, 1.807) is 11.3 Å². The van der Waals surface area contributed by atoms with Gasteiger partial charge in [0.05, 0.1) is 32.1 Å². The molecule has 0 saturated carbocycles. The number of hydrogen-bond acceptors (Lipinski definition) is 4. The van der Waals surface area contributed by atoms with Gasteiger partial charge in [-0.3, -0.25) is 0 Å². The lowest BCUT2D eigenvalue weighted by molar-refractivity contribution is -0.991. The molecule has 1 unspecified atom stereocenters. The Hall–Kier alpha value is -1.46. The molecule has 2 aromatic rings. The highest BCUT2D eigenvalue weighted by atomic mass is 32.1. The maximum atomic E-state index is 6.24. The summed E-state index contributed by atoms with van der Waals surface area (Å²) in [5, 5.41) is 10.2. The lowest BCUT2D eigenvalue weighted by Gasteiger charge is -2.60. The SMILES string of the molecule is c1ccc(-c2nnc(O[C@H]3CC[N+]45CC(CC3C4)C5)s2)cc1. The van der Waals surface area contributed by atoms with Gasteiger partial charge in [-0.15, -0.1) is 5.10 Å². The third kappa shape index (κ3) is 2.07. The Balaban J connectivity index is 1.32. The first-order valence-corrected chi connectivity index (χ1v) is 9.02. The summed E-state index contributed by atoms with van der Waals surface area (Å²) in [6.45, 7) is 5.48. The normalized spacial score (nSPS) is 35.7. The summed E-state index contributed by atoms with van der Waals surface area (Å²) < 4.78 is 7.62. The minimum absolute atomic E-state index is 0.353. The van der Waals surface area contributed by atoms with Crippen LogP contribution in [0, 0.1) is 11.8 Å². The van der Waals surface area contributed by atoms with Crippen molar-refractivity contribution in [1.29, 1.82) is 0 Å². The fourth-order valence-electron chi connectivity index (χ4n) is 4.76. The summed E-state index contributed by atoms with van der Waals surface area (Å²) in [7, 11) is 0. The molecule has 0 radical (unpaired) electrons. The van der Waals surface area contributed by atoms with E-state index >= 15 is 0 Å². The van der Waals surface area contributed by atoms with Crippen LogP contribution in [0.3, 0.4) is 0 Å². The molecule has 22 heavy (non-hydrogen) atoms. The number of aromatic nitrogens is 2. The zero-order valence-corrected chi connectivity index (χ0v) is 13.3. The van der Waals surface area contributed by atoms with Crippen molar-refractivity contribution in [2.24, 2.45) is 11.8 Å². The van der Waals surface area contributed by atoms with Crippen LogP contribution in [0.2, 0.25) is 0 Å². The number of rotatable bonds is 3.